The summed E-state index contributed by atoms with van der Waals surface area (Å²) in [5, 5.41) is 21.9. The molecular formula is C11H16FN6O13P3. The Bertz CT molecular complexity index is 1110. The number of nitrogens with two attached hydrogens (primary N) is 1. The van der Waals surface area contributed by atoms with E-state index in [1.54, 1.807) is 0 Å². The van der Waals surface area contributed by atoms with Gasteiger partial charge in [-0.3, -0.25) is 19.6 Å². The molecule has 1 fully saturated rings. The van der Waals surface area contributed by atoms with Crippen molar-refractivity contribution in [2.75, 3.05) is 6.61 Å². The Labute approximate surface area is 188 Å². The minimum atomic E-state index is -5.86. The molecule has 8 atom stereocenters. The third kappa shape index (κ3) is 5.52. The highest BCUT2D eigenvalue weighted by Gasteiger charge is 2.61. The number of nitrogens with one attached hydrogen (secondary N) is 1. The van der Waals surface area contributed by atoms with E-state index in [4.69, 9.17) is 25.2 Å². The van der Waals surface area contributed by atoms with E-state index >= 15 is 0 Å². The highest BCUT2D eigenvalue weighted by atomic mass is 31.3. The molecule has 0 aliphatic carbocycles. The van der Waals surface area contributed by atoms with Gasteiger partial charge in [-0.2, -0.15) is 13.9 Å². The van der Waals surface area contributed by atoms with Gasteiger partial charge in [0.05, 0.1) is 6.34 Å². The number of carbonyl (C=O) groups is 1. The van der Waals surface area contributed by atoms with E-state index in [2.05, 4.69) is 28.4 Å². The van der Waals surface area contributed by atoms with E-state index in [1.165, 1.54) is 6.07 Å². The Kier molecular flexibility index (Phi) is 7.07. The first-order chi connectivity index (χ1) is 15.5. The summed E-state index contributed by atoms with van der Waals surface area (Å²) < 4.78 is 65.5. The van der Waals surface area contributed by atoms with Crippen LogP contribution in [-0.4, -0.2) is 90.7 Å². The predicted molar refractivity (Wildman–Crippen MR) is 102 cm³/mol. The van der Waals surface area contributed by atoms with Gasteiger partial charge in [-0.15, -0.1) is 0 Å². The number of aliphatic hydroxyl groups excluding tert-OH is 1. The Hall–Kier alpha value is -1.84. The molecule has 3 heterocycles. The topological polar surface area (TPSA) is 296 Å². The summed E-state index contributed by atoms with van der Waals surface area (Å²) in [6, 6.07) is 0.191. The Morgan fingerprint density at radius 1 is 1.29 bits per heavy atom. The van der Waals surface area contributed by atoms with Gasteiger partial charge in [0.2, 0.25) is 5.60 Å². The number of ether oxygens (including phenoxy) is 1. The van der Waals surface area contributed by atoms with E-state index in [1.807, 2.05) is 0 Å². The second-order valence-corrected chi connectivity index (χ2v) is 11.3. The largest absolute Gasteiger partial charge is 0.490 e. The number of guanidine groups is 1. The lowest BCUT2D eigenvalue weighted by molar-refractivity contribution is -0.125. The molecule has 0 aromatic heterocycles. The standard InChI is InChI=1S/C11H16FN6O13P3/c12-4-6(19)11(1-13,2-28-33(24,25)31-34(26,27)30-32(21,22)23)29-9(4)18-3-15-5-7(18)16-10(14)17-8(5)20/h3-7,9,19H,2H2,(H,24,25)(H,26,27)(H2,21,22,23)(H3,14,16,17,20)/t4-,5?,6+,7?,9-,11-/m1/s1. The van der Waals surface area contributed by atoms with Crippen LogP contribution in [0.15, 0.2) is 9.98 Å². The van der Waals surface area contributed by atoms with Crippen molar-refractivity contribution in [2.24, 2.45) is 15.7 Å². The quantitative estimate of drug-likeness (QED) is 0.149. The summed E-state index contributed by atoms with van der Waals surface area (Å²) in [6.45, 7) is -1.45. The van der Waals surface area contributed by atoms with Gasteiger partial charge in [0.25, 0.3) is 5.91 Å². The van der Waals surface area contributed by atoms with Gasteiger partial charge in [0, 0.05) is 0 Å². The lowest BCUT2D eigenvalue weighted by Crippen LogP contribution is -2.56. The van der Waals surface area contributed by atoms with E-state index in [-0.39, 0.29) is 5.96 Å². The number of hydrogen-bond donors (Lipinski definition) is 7. The predicted octanol–water partition coefficient (Wildman–Crippen LogP) is -2.87. The molecule has 190 valence electrons. The normalized spacial score (nSPS) is 36.7. The highest BCUT2D eigenvalue weighted by Crippen LogP contribution is 2.66. The molecule has 0 radical (unpaired) electrons. The van der Waals surface area contributed by atoms with Gasteiger partial charge in [-0.25, -0.2) is 23.1 Å². The van der Waals surface area contributed by atoms with Crippen molar-refractivity contribution in [3.8, 4) is 6.07 Å². The summed E-state index contributed by atoms with van der Waals surface area (Å²) >= 11 is 0. The molecule has 3 aliphatic heterocycles. The number of fused-ring (bicyclic) bond motifs is 1. The van der Waals surface area contributed by atoms with Crippen molar-refractivity contribution in [3.05, 3.63) is 0 Å². The summed E-state index contributed by atoms with van der Waals surface area (Å²) in [5.74, 6) is -1.00. The van der Waals surface area contributed by atoms with Gasteiger partial charge in [0.15, 0.2) is 30.6 Å². The minimum Gasteiger partial charge on any atom is -0.386 e. The van der Waals surface area contributed by atoms with Gasteiger partial charge in [-0.05, 0) is 0 Å². The molecule has 34 heavy (non-hydrogen) atoms. The van der Waals surface area contributed by atoms with E-state index in [0.717, 1.165) is 11.2 Å². The molecule has 19 nitrogen and oxygen atoms in total. The molecule has 1 saturated heterocycles. The van der Waals surface area contributed by atoms with Crippen molar-refractivity contribution in [1.29, 1.82) is 5.26 Å². The van der Waals surface area contributed by atoms with Crippen LogP contribution in [0.3, 0.4) is 0 Å². The van der Waals surface area contributed by atoms with Gasteiger partial charge in [-0.1, -0.05) is 0 Å². The summed E-state index contributed by atoms with van der Waals surface area (Å²) in [5.41, 5.74) is 2.76. The van der Waals surface area contributed by atoms with Crippen LogP contribution in [0.2, 0.25) is 0 Å². The number of phosphoric ester groups is 1. The average molecular weight is 552 g/mol. The molecule has 3 aliphatic rings. The van der Waals surface area contributed by atoms with Gasteiger partial charge >= 0.3 is 23.5 Å². The van der Waals surface area contributed by atoms with Crippen LogP contribution in [0.1, 0.15) is 0 Å². The lowest BCUT2D eigenvalue weighted by atomic mass is 9.98. The fraction of sp³-hybridized carbons (Fsp3) is 0.636. The number of rotatable bonds is 8. The molecule has 0 aromatic carbocycles. The maximum Gasteiger partial charge on any atom is 0.490 e. The zero-order valence-corrected chi connectivity index (χ0v) is 18.9. The van der Waals surface area contributed by atoms with Crippen LogP contribution in [0, 0.1) is 11.3 Å². The zero-order chi connectivity index (χ0) is 25.7. The molecular weight excluding hydrogens is 536 g/mol. The fourth-order valence-electron chi connectivity index (χ4n) is 3.10. The Morgan fingerprint density at radius 2 is 1.94 bits per heavy atom. The third-order valence-corrected chi connectivity index (χ3v) is 8.25. The average Bonchev–Trinajstić information content (AvgIpc) is 3.18. The van der Waals surface area contributed by atoms with Gasteiger partial charge in [0.1, 0.15) is 18.8 Å². The van der Waals surface area contributed by atoms with Crippen molar-refractivity contribution in [1.82, 2.24) is 10.2 Å². The zero-order valence-electron chi connectivity index (χ0n) is 16.3. The number of aliphatic imine (C=N–C) groups is 2. The SMILES string of the molecule is N#C[C@]1(COP(=O)(O)OP(=O)(O)OP(=O)(O)O)O[C@@H](N2C=NC3C(=O)NC(N)=NC32)[C@H](F)[C@@H]1O. The molecule has 4 unspecified atom stereocenters. The smallest absolute Gasteiger partial charge is 0.386 e. The first-order valence-electron chi connectivity index (χ1n) is 8.64. The van der Waals surface area contributed by atoms with Crippen LogP contribution in [0.5, 0.6) is 0 Å². The Balaban J connectivity index is 1.75. The van der Waals surface area contributed by atoms with E-state index < -0.39 is 72.3 Å². The molecule has 8 N–H and O–H groups in total. The molecule has 0 aromatic rings. The number of phosphoric acid groups is 3. The molecule has 3 rings (SSSR count). The minimum absolute atomic E-state index is 0.324. The number of nitriles is 1. The number of aliphatic hydroxyl groups is 1. The number of amides is 1. The second-order valence-electron chi connectivity index (χ2n) is 6.84. The van der Waals surface area contributed by atoms with Crippen LogP contribution in [0.4, 0.5) is 4.39 Å². The van der Waals surface area contributed by atoms with Crippen molar-refractivity contribution >= 4 is 41.7 Å². The maximum absolute atomic E-state index is 14.9. The molecule has 0 saturated carbocycles. The number of nitrogens with zero attached hydrogens (tertiary/aromatic N) is 4. The van der Waals surface area contributed by atoms with Crippen molar-refractivity contribution < 1.29 is 65.4 Å². The van der Waals surface area contributed by atoms with Crippen LogP contribution in [0.25, 0.3) is 0 Å². The summed E-state index contributed by atoms with van der Waals surface area (Å²) in [4.78, 5) is 56.3. The van der Waals surface area contributed by atoms with Crippen molar-refractivity contribution in [3.63, 3.8) is 0 Å². The maximum atomic E-state index is 14.9. The van der Waals surface area contributed by atoms with E-state index in [0.29, 0.717) is 0 Å². The van der Waals surface area contributed by atoms with Crippen molar-refractivity contribution in [2.45, 2.75) is 36.3 Å². The lowest BCUT2D eigenvalue weighted by Gasteiger charge is -2.32. The monoisotopic (exact) mass is 552 g/mol. The van der Waals surface area contributed by atoms with E-state index in [9.17, 15) is 38.1 Å². The number of carbonyl (C=O) groups excluding carboxylic acids is 1. The van der Waals surface area contributed by atoms with Crippen LogP contribution < -0.4 is 11.1 Å². The molecule has 23 heteroatoms. The molecule has 0 spiro atoms. The highest BCUT2D eigenvalue weighted by molar-refractivity contribution is 7.66. The van der Waals surface area contributed by atoms with Crippen LogP contribution in [-0.2, 0) is 36.4 Å². The first kappa shape index (κ1) is 26.8. The number of halogens is 1. The third-order valence-electron chi connectivity index (χ3n) is 4.46. The summed E-state index contributed by atoms with van der Waals surface area (Å²) in [6.07, 6.45) is -6.84. The van der Waals surface area contributed by atoms with Crippen LogP contribution >= 0.6 is 23.5 Å². The summed E-state index contributed by atoms with van der Waals surface area (Å²) in [7, 11) is -17.2. The molecule has 1 amide bonds. The first-order valence-corrected chi connectivity index (χ1v) is 13.2. The number of alkyl halides is 1. The Morgan fingerprint density at radius 3 is 2.53 bits per heavy atom. The number of hydrogen-bond acceptors (Lipinski definition) is 14. The molecule has 0 bridgehead atoms. The second kappa shape index (κ2) is 8.99. The van der Waals surface area contributed by atoms with Gasteiger partial charge < -0.3 is 40.1 Å². The fourth-order valence-corrected chi connectivity index (χ4v) is 6.15.